The molecule has 2 aromatic rings. The summed E-state index contributed by atoms with van der Waals surface area (Å²) < 4.78 is 1.65. The van der Waals surface area contributed by atoms with Crippen LogP contribution in [0.4, 0.5) is 0 Å². The zero-order valence-corrected chi connectivity index (χ0v) is 12.1. The lowest BCUT2D eigenvalue weighted by Gasteiger charge is -2.22. The molecule has 1 N–H and O–H groups in total. The second kappa shape index (κ2) is 4.68. The van der Waals surface area contributed by atoms with E-state index in [0.717, 1.165) is 6.42 Å². The van der Waals surface area contributed by atoms with E-state index in [-0.39, 0.29) is 23.2 Å². The molecule has 0 radical (unpaired) electrons. The molecule has 2 aliphatic rings. The fraction of sp³-hybridized carbons (Fsp3) is 0.250. The molecule has 0 aliphatic carbocycles. The van der Waals surface area contributed by atoms with Crippen LogP contribution >= 0.6 is 0 Å². The van der Waals surface area contributed by atoms with Crippen molar-refractivity contribution in [3.63, 3.8) is 0 Å². The predicted molar refractivity (Wildman–Crippen MR) is 78.2 cm³/mol. The van der Waals surface area contributed by atoms with Crippen molar-refractivity contribution in [2.75, 3.05) is 6.54 Å². The fourth-order valence-corrected chi connectivity index (χ4v) is 3.53. The Balaban J connectivity index is 2.09. The van der Waals surface area contributed by atoms with E-state index in [4.69, 9.17) is 0 Å². The van der Waals surface area contributed by atoms with Gasteiger partial charge in [0.05, 0.1) is 28.6 Å². The first kappa shape index (κ1) is 13.5. The molecule has 1 aromatic carbocycles. The van der Waals surface area contributed by atoms with Crippen molar-refractivity contribution >= 4 is 11.9 Å². The van der Waals surface area contributed by atoms with Gasteiger partial charge in [-0.2, -0.15) is 5.26 Å². The molecular formula is C16H12N4O3. The number of carbonyl (C=O) groups is 2. The molecule has 114 valence electrons. The number of imidazole rings is 1. The van der Waals surface area contributed by atoms with Crippen LogP contribution in [-0.4, -0.2) is 38.0 Å². The smallest absolute Gasteiger partial charge is 0.356 e. The zero-order chi connectivity index (χ0) is 16.1. The number of fused-ring (bicyclic) bond motifs is 5. The van der Waals surface area contributed by atoms with Gasteiger partial charge in [0.1, 0.15) is 12.4 Å². The van der Waals surface area contributed by atoms with Gasteiger partial charge in [0.2, 0.25) is 0 Å². The number of rotatable bonds is 1. The zero-order valence-electron chi connectivity index (χ0n) is 12.1. The third-order valence-electron chi connectivity index (χ3n) is 4.47. The van der Waals surface area contributed by atoms with Crippen molar-refractivity contribution < 1.29 is 14.7 Å². The fourth-order valence-electron chi connectivity index (χ4n) is 3.53. The van der Waals surface area contributed by atoms with Crippen LogP contribution in [0.2, 0.25) is 0 Å². The van der Waals surface area contributed by atoms with Gasteiger partial charge < -0.3 is 10.0 Å². The van der Waals surface area contributed by atoms with Crippen LogP contribution in [0.3, 0.4) is 0 Å². The molecule has 0 bridgehead atoms. The van der Waals surface area contributed by atoms with E-state index in [0.29, 0.717) is 29.9 Å². The van der Waals surface area contributed by atoms with Crippen molar-refractivity contribution in [3.8, 4) is 11.8 Å². The Morgan fingerprint density at radius 1 is 1.43 bits per heavy atom. The number of hydrogen-bond acceptors (Lipinski definition) is 4. The van der Waals surface area contributed by atoms with E-state index in [9.17, 15) is 20.0 Å². The predicted octanol–water partition coefficient (Wildman–Crippen LogP) is 1.73. The number of carboxylic acids is 1. The molecule has 23 heavy (non-hydrogen) atoms. The van der Waals surface area contributed by atoms with Gasteiger partial charge in [-0.05, 0) is 25.0 Å². The van der Waals surface area contributed by atoms with Crippen molar-refractivity contribution in [3.05, 3.63) is 47.0 Å². The van der Waals surface area contributed by atoms with Crippen LogP contribution in [0.5, 0.6) is 0 Å². The molecular weight excluding hydrogens is 296 g/mol. The van der Waals surface area contributed by atoms with Gasteiger partial charge in [0, 0.05) is 6.54 Å². The quantitative estimate of drug-likeness (QED) is 0.865. The number of amides is 1. The Morgan fingerprint density at radius 3 is 3.00 bits per heavy atom. The molecule has 0 saturated carbocycles. The van der Waals surface area contributed by atoms with E-state index >= 15 is 0 Å². The maximum absolute atomic E-state index is 12.9. The summed E-state index contributed by atoms with van der Waals surface area (Å²) in [5.74, 6) is -1.34. The van der Waals surface area contributed by atoms with Crippen LogP contribution in [0.1, 0.15) is 51.0 Å². The van der Waals surface area contributed by atoms with Gasteiger partial charge in [0.25, 0.3) is 5.91 Å². The number of nitriles is 1. The number of aromatic nitrogens is 2. The lowest BCUT2D eigenvalue weighted by atomic mass is 10.0. The van der Waals surface area contributed by atoms with Gasteiger partial charge in [-0.15, -0.1) is 0 Å². The monoisotopic (exact) mass is 308 g/mol. The summed E-state index contributed by atoms with van der Waals surface area (Å²) in [5.41, 5.74) is 1.59. The topological polar surface area (TPSA) is 99.2 Å². The minimum atomic E-state index is -1.11. The summed E-state index contributed by atoms with van der Waals surface area (Å²) in [4.78, 5) is 30.1. The molecule has 1 amide bonds. The molecule has 1 atom stereocenters. The minimum absolute atomic E-state index is 0.0371. The van der Waals surface area contributed by atoms with Crippen molar-refractivity contribution in [1.29, 1.82) is 5.26 Å². The lowest BCUT2D eigenvalue weighted by Crippen LogP contribution is -2.30. The molecule has 2 aliphatic heterocycles. The first-order valence-electron chi connectivity index (χ1n) is 7.28. The highest BCUT2D eigenvalue weighted by atomic mass is 16.4. The average molecular weight is 308 g/mol. The van der Waals surface area contributed by atoms with Crippen molar-refractivity contribution in [2.45, 2.75) is 18.9 Å². The number of nitrogens with zero attached hydrogens (tertiary/aromatic N) is 4. The molecule has 4 rings (SSSR count). The third-order valence-corrected chi connectivity index (χ3v) is 4.47. The maximum atomic E-state index is 12.9. The lowest BCUT2D eigenvalue weighted by molar-refractivity contribution is 0.0673. The van der Waals surface area contributed by atoms with Crippen LogP contribution in [0, 0.1) is 11.3 Å². The SMILES string of the molecule is N#Cc1cccc2c1C(=O)N1CCC[C@H]1c1c(C(=O)O)ncn1-2. The van der Waals surface area contributed by atoms with Crippen LogP contribution in [-0.2, 0) is 0 Å². The van der Waals surface area contributed by atoms with Crippen LogP contribution in [0.15, 0.2) is 24.5 Å². The summed E-state index contributed by atoms with van der Waals surface area (Å²) >= 11 is 0. The summed E-state index contributed by atoms with van der Waals surface area (Å²) in [6.45, 7) is 0.549. The molecule has 0 unspecified atom stereocenters. The second-order valence-corrected chi connectivity index (χ2v) is 5.62. The molecule has 1 fully saturated rings. The normalized spacial score (nSPS) is 18.7. The first-order chi connectivity index (χ1) is 11.1. The van der Waals surface area contributed by atoms with Gasteiger partial charge in [-0.3, -0.25) is 9.36 Å². The van der Waals surface area contributed by atoms with Gasteiger partial charge >= 0.3 is 5.97 Å². The van der Waals surface area contributed by atoms with Crippen LogP contribution < -0.4 is 0 Å². The average Bonchev–Trinajstić information content (AvgIpc) is 3.17. The van der Waals surface area contributed by atoms with Crippen molar-refractivity contribution in [1.82, 2.24) is 14.5 Å². The highest BCUT2D eigenvalue weighted by Gasteiger charge is 2.40. The molecule has 1 aromatic heterocycles. The Hall–Kier alpha value is -3.14. The first-order valence-corrected chi connectivity index (χ1v) is 7.28. The maximum Gasteiger partial charge on any atom is 0.356 e. The van der Waals surface area contributed by atoms with E-state index in [1.54, 1.807) is 27.7 Å². The number of hydrogen-bond donors (Lipinski definition) is 1. The highest BCUT2D eigenvalue weighted by Crippen LogP contribution is 2.40. The summed E-state index contributed by atoms with van der Waals surface area (Å²) in [6.07, 6.45) is 2.91. The standard InChI is InChI=1S/C16H12N4O3/c17-7-9-3-1-4-10-12(9)15(21)19-6-2-5-11(19)14-13(16(22)23)18-8-20(10)14/h1,3-4,8,11H,2,5-6H2,(H,22,23)/t11-/m0/s1. The summed E-state index contributed by atoms with van der Waals surface area (Å²) in [7, 11) is 0. The molecule has 1 saturated heterocycles. The van der Waals surface area contributed by atoms with E-state index < -0.39 is 5.97 Å². The molecule has 7 heteroatoms. The third kappa shape index (κ3) is 1.72. The molecule has 0 spiro atoms. The molecule has 3 heterocycles. The van der Waals surface area contributed by atoms with Gasteiger partial charge in [0.15, 0.2) is 5.69 Å². The summed E-state index contributed by atoms with van der Waals surface area (Å²) in [5, 5.41) is 18.8. The minimum Gasteiger partial charge on any atom is -0.476 e. The van der Waals surface area contributed by atoms with E-state index in [1.165, 1.54) is 6.33 Å². The second-order valence-electron chi connectivity index (χ2n) is 5.62. The Kier molecular flexibility index (Phi) is 2.75. The van der Waals surface area contributed by atoms with E-state index in [2.05, 4.69) is 11.1 Å². The highest BCUT2D eigenvalue weighted by molar-refractivity contribution is 6.01. The largest absolute Gasteiger partial charge is 0.476 e. The van der Waals surface area contributed by atoms with Crippen LogP contribution in [0.25, 0.3) is 5.69 Å². The Morgan fingerprint density at radius 2 is 2.26 bits per heavy atom. The number of carbonyl (C=O) groups excluding carboxylic acids is 1. The Bertz CT molecular complexity index is 893. The Labute approximate surface area is 131 Å². The van der Waals surface area contributed by atoms with Crippen molar-refractivity contribution in [2.24, 2.45) is 0 Å². The molecule has 7 nitrogen and oxygen atoms in total. The van der Waals surface area contributed by atoms with Gasteiger partial charge in [-0.25, -0.2) is 9.78 Å². The van der Waals surface area contributed by atoms with E-state index in [1.807, 2.05) is 0 Å². The summed E-state index contributed by atoms with van der Waals surface area (Å²) in [6, 6.07) is 6.73. The number of benzene rings is 1. The number of carboxylic acid groups (broad SMARTS) is 1. The van der Waals surface area contributed by atoms with Gasteiger partial charge in [-0.1, -0.05) is 6.07 Å². The number of aromatic carboxylic acids is 1.